The number of ether oxygens (including phenoxy) is 3. The predicted molar refractivity (Wildman–Crippen MR) is 107 cm³/mol. The molecule has 27 heavy (non-hydrogen) atoms. The van der Waals surface area contributed by atoms with Crippen molar-refractivity contribution >= 4 is 5.91 Å². The molecule has 1 atom stereocenters. The van der Waals surface area contributed by atoms with Crippen LogP contribution in [0.3, 0.4) is 0 Å². The molecular weight excluding hydrogens is 342 g/mol. The fourth-order valence-corrected chi connectivity index (χ4v) is 2.71. The Morgan fingerprint density at radius 1 is 0.963 bits per heavy atom. The molecule has 5 heteroatoms. The summed E-state index contributed by atoms with van der Waals surface area (Å²) in [5.41, 5.74) is 2.13. The molecular formula is C22H29NO4. The zero-order valence-electron chi connectivity index (χ0n) is 16.6. The molecule has 1 amide bonds. The molecule has 0 aliphatic rings. The van der Waals surface area contributed by atoms with Gasteiger partial charge in [0, 0.05) is 0 Å². The lowest BCUT2D eigenvalue weighted by Gasteiger charge is -2.18. The highest BCUT2D eigenvalue weighted by Gasteiger charge is 2.14. The number of benzene rings is 2. The second kappa shape index (κ2) is 10.5. The van der Waals surface area contributed by atoms with Crippen LogP contribution in [0.1, 0.15) is 44.9 Å². The number of amides is 1. The molecule has 0 unspecified atom stereocenters. The van der Waals surface area contributed by atoms with Gasteiger partial charge in [0.05, 0.1) is 19.3 Å². The molecule has 146 valence electrons. The molecule has 0 fully saturated rings. The van der Waals surface area contributed by atoms with Gasteiger partial charge >= 0.3 is 0 Å². The zero-order chi connectivity index (χ0) is 19.6. The van der Waals surface area contributed by atoms with E-state index in [2.05, 4.69) is 12.2 Å². The lowest BCUT2D eigenvalue weighted by molar-refractivity contribution is -0.123. The Morgan fingerprint density at radius 3 is 2.41 bits per heavy atom. The van der Waals surface area contributed by atoms with Crippen LogP contribution < -0.4 is 19.5 Å². The van der Waals surface area contributed by atoms with Crippen molar-refractivity contribution < 1.29 is 19.0 Å². The molecule has 0 saturated carbocycles. The second-order valence-corrected chi connectivity index (χ2v) is 6.15. The van der Waals surface area contributed by atoms with E-state index in [9.17, 15) is 4.79 Å². The first kappa shape index (κ1) is 20.6. The van der Waals surface area contributed by atoms with Crippen molar-refractivity contribution in [2.45, 2.75) is 40.2 Å². The van der Waals surface area contributed by atoms with E-state index in [-0.39, 0.29) is 18.6 Å². The largest absolute Gasteiger partial charge is 0.490 e. The molecule has 0 heterocycles. The van der Waals surface area contributed by atoms with Gasteiger partial charge in [-0.3, -0.25) is 4.79 Å². The third-order valence-corrected chi connectivity index (χ3v) is 4.12. The first-order chi connectivity index (χ1) is 13.1. The maximum Gasteiger partial charge on any atom is 0.258 e. The Balaban J connectivity index is 1.95. The number of aryl methyl sites for hydroxylation is 1. The van der Waals surface area contributed by atoms with Gasteiger partial charge in [0.1, 0.15) is 5.75 Å². The molecule has 2 aromatic rings. The summed E-state index contributed by atoms with van der Waals surface area (Å²) < 4.78 is 16.8. The number of nitrogens with one attached hydrogen (secondary N) is 1. The van der Waals surface area contributed by atoms with E-state index in [0.717, 1.165) is 12.0 Å². The summed E-state index contributed by atoms with van der Waals surface area (Å²) in [5.74, 6) is 1.93. The monoisotopic (exact) mass is 371 g/mol. The van der Waals surface area contributed by atoms with Crippen molar-refractivity contribution in [2.24, 2.45) is 0 Å². The molecule has 2 rings (SSSR count). The fraction of sp³-hybridized carbons (Fsp3) is 0.409. The quantitative estimate of drug-likeness (QED) is 0.676. The van der Waals surface area contributed by atoms with Crippen molar-refractivity contribution in [3.63, 3.8) is 0 Å². The third-order valence-electron chi connectivity index (χ3n) is 4.12. The topological polar surface area (TPSA) is 56.8 Å². The van der Waals surface area contributed by atoms with Crippen LogP contribution in [0.2, 0.25) is 0 Å². The van der Waals surface area contributed by atoms with E-state index < -0.39 is 0 Å². The lowest BCUT2D eigenvalue weighted by atomic mass is 10.1. The van der Waals surface area contributed by atoms with Crippen molar-refractivity contribution in [2.75, 3.05) is 19.8 Å². The number of rotatable bonds is 10. The minimum absolute atomic E-state index is 0.0210. The summed E-state index contributed by atoms with van der Waals surface area (Å²) in [6.45, 7) is 8.98. The molecule has 0 aliphatic carbocycles. The standard InChI is InChI=1S/C22H29NO4/c1-5-17-9-8-10-19(13-17)27-15-22(24)23-16(4)18-11-12-20(25-6-2)21(14-18)26-7-3/h8-14,16H,5-7,15H2,1-4H3,(H,23,24)/t16-/m0/s1. The fourth-order valence-electron chi connectivity index (χ4n) is 2.71. The van der Waals surface area contributed by atoms with Crippen LogP contribution >= 0.6 is 0 Å². The van der Waals surface area contributed by atoms with E-state index in [4.69, 9.17) is 14.2 Å². The molecule has 0 aromatic heterocycles. The molecule has 2 aromatic carbocycles. The molecule has 5 nitrogen and oxygen atoms in total. The van der Waals surface area contributed by atoms with Crippen molar-refractivity contribution in [1.29, 1.82) is 0 Å². The number of hydrogen-bond acceptors (Lipinski definition) is 4. The lowest BCUT2D eigenvalue weighted by Crippen LogP contribution is -2.31. The van der Waals surface area contributed by atoms with Crippen LogP contribution in [0.5, 0.6) is 17.2 Å². The van der Waals surface area contributed by atoms with Crippen LogP contribution in [0.4, 0.5) is 0 Å². The summed E-state index contributed by atoms with van der Waals surface area (Å²) in [4.78, 5) is 12.2. The Hall–Kier alpha value is -2.69. The molecule has 0 spiro atoms. The highest BCUT2D eigenvalue weighted by Crippen LogP contribution is 2.30. The minimum Gasteiger partial charge on any atom is -0.490 e. The van der Waals surface area contributed by atoms with Crippen molar-refractivity contribution in [3.05, 3.63) is 53.6 Å². The maximum absolute atomic E-state index is 12.2. The first-order valence-corrected chi connectivity index (χ1v) is 9.48. The average molecular weight is 371 g/mol. The molecule has 0 aliphatic heterocycles. The zero-order valence-corrected chi connectivity index (χ0v) is 16.6. The normalized spacial score (nSPS) is 11.6. The third kappa shape index (κ3) is 6.20. The van der Waals surface area contributed by atoms with E-state index >= 15 is 0 Å². The summed E-state index contributed by atoms with van der Waals surface area (Å²) in [6, 6.07) is 13.3. The van der Waals surface area contributed by atoms with Gasteiger partial charge in [0.2, 0.25) is 0 Å². The van der Waals surface area contributed by atoms with Gasteiger partial charge < -0.3 is 19.5 Å². The van der Waals surface area contributed by atoms with Gasteiger partial charge in [0.15, 0.2) is 18.1 Å². The smallest absolute Gasteiger partial charge is 0.258 e. The minimum atomic E-state index is -0.170. The van der Waals surface area contributed by atoms with Gasteiger partial charge in [-0.05, 0) is 62.6 Å². The van der Waals surface area contributed by atoms with Crippen molar-refractivity contribution in [3.8, 4) is 17.2 Å². The van der Waals surface area contributed by atoms with Crippen LogP contribution in [0, 0.1) is 0 Å². The highest BCUT2D eigenvalue weighted by atomic mass is 16.5. The summed E-state index contributed by atoms with van der Waals surface area (Å²) in [6.07, 6.45) is 0.931. The Bertz CT molecular complexity index is 745. The Kier molecular flexibility index (Phi) is 7.99. The summed E-state index contributed by atoms with van der Waals surface area (Å²) in [7, 11) is 0. The van der Waals surface area contributed by atoms with Gasteiger partial charge in [-0.2, -0.15) is 0 Å². The molecule has 0 saturated heterocycles. The molecule has 0 radical (unpaired) electrons. The van der Waals surface area contributed by atoms with E-state index in [1.54, 1.807) is 0 Å². The van der Waals surface area contributed by atoms with E-state index in [1.807, 2.05) is 63.2 Å². The van der Waals surface area contributed by atoms with Gasteiger partial charge in [-0.15, -0.1) is 0 Å². The number of carbonyl (C=O) groups is 1. The summed E-state index contributed by atoms with van der Waals surface area (Å²) >= 11 is 0. The maximum atomic E-state index is 12.2. The highest BCUT2D eigenvalue weighted by molar-refractivity contribution is 5.78. The van der Waals surface area contributed by atoms with Crippen LogP contribution in [-0.2, 0) is 11.2 Å². The second-order valence-electron chi connectivity index (χ2n) is 6.15. The predicted octanol–water partition coefficient (Wildman–Crippen LogP) is 4.30. The van der Waals surface area contributed by atoms with Crippen molar-refractivity contribution in [1.82, 2.24) is 5.32 Å². The van der Waals surface area contributed by atoms with Crippen LogP contribution in [0.15, 0.2) is 42.5 Å². The van der Waals surface area contributed by atoms with Gasteiger partial charge in [-0.25, -0.2) is 0 Å². The Labute approximate surface area is 161 Å². The van der Waals surface area contributed by atoms with E-state index in [1.165, 1.54) is 5.56 Å². The van der Waals surface area contributed by atoms with Gasteiger partial charge in [0.25, 0.3) is 5.91 Å². The van der Waals surface area contributed by atoms with Crippen LogP contribution in [0.25, 0.3) is 0 Å². The number of hydrogen-bond donors (Lipinski definition) is 1. The first-order valence-electron chi connectivity index (χ1n) is 9.48. The molecule has 1 N–H and O–H groups in total. The SMILES string of the molecule is CCOc1ccc([C@H](C)NC(=O)COc2cccc(CC)c2)cc1OCC. The summed E-state index contributed by atoms with van der Waals surface area (Å²) in [5, 5.41) is 2.96. The van der Waals surface area contributed by atoms with E-state index in [0.29, 0.717) is 30.5 Å². The average Bonchev–Trinajstić information content (AvgIpc) is 2.68. The molecule has 0 bridgehead atoms. The van der Waals surface area contributed by atoms with Gasteiger partial charge in [-0.1, -0.05) is 25.1 Å². The number of carbonyl (C=O) groups excluding carboxylic acids is 1. The van der Waals surface area contributed by atoms with Crippen LogP contribution in [-0.4, -0.2) is 25.7 Å². The Morgan fingerprint density at radius 2 is 1.70 bits per heavy atom.